The summed E-state index contributed by atoms with van der Waals surface area (Å²) in [6.07, 6.45) is 0. The van der Waals surface area contributed by atoms with E-state index in [1.807, 2.05) is 0 Å². The molecule has 0 atom stereocenters. The molecule has 2 aromatic carbocycles. The molecule has 1 N–H and O–H groups in total. The summed E-state index contributed by atoms with van der Waals surface area (Å²) in [5, 5.41) is 2.98. The van der Waals surface area contributed by atoms with Crippen molar-refractivity contribution in [1.82, 2.24) is 0 Å². The topological polar surface area (TPSA) is 12.0 Å². The Bertz CT molecular complexity index is 573. The summed E-state index contributed by atoms with van der Waals surface area (Å²) in [6.45, 7) is 0.298. The molecule has 0 aliphatic heterocycles. The molecular weight excluding hydrogens is 368 g/mol. The van der Waals surface area contributed by atoms with Gasteiger partial charge in [0.2, 0.25) is 0 Å². The molecule has 1 nitrogen and oxygen atoms in total. The van der Waals surface area contributed by atoms with E-state index in [0.717, 1.165) is 4.47 Å². The molecule has 18 heavy (non-hydrogen) atoms. The zero-order valence-electron chi connectivity index (χ0n) is 9.18. The Balaban J connectivity index is 2.11. The van der Waals surface area contributed by atoms with E-state index in [9.17, 15) is 8.78 Å². The quantitative estimate of drug-likeness (QED) is 0.785. The van der Waals surface area contributed by atoms with Crippen molar-refractivity contribution in [2.75, 3.05) is 5.32 Å². The predicted octanol–water partition coefficient (Wildman–Crippen LogP) is 5.10. The molecule has 0 aliphatic carbocycles. The van der Waals surface area contributed by atoms with Crippen LogP contribution >= 0.6 is 31.9 Å². The standard InChI is InChI=1S/C13H9Br2F2N/c14-9-1-4-12(16)8(5-9)7-18-10-2-3-11(15)13(17)6-10/h1-6,18H,7H2. The Morgan fingerprint density at radius 1 is 0.944 bits per heavy atom. The fourth-order valence-electron chi connectivity index (χ4n) is 1.48. The van der Waals surface area contributed by atoms with Crippen LogP contribution in [-0.4, -0.2) is 0 Å². The lowest BCUT2D eigenvalue weighted by molar-refractivity contribution is 0.612. The van der Waals surface area contributed by atoms with E-state index in [2.05, 4.69) is 37.2 Å². The van der Waals surface area contributed by atoms with Crippen molar-refractivity contribution in [3.63, 3.8) is 0 Å². The van der Waals surface area contributed by atoms with Crippen molar-refractivity contribution in [1.29, 1.82) is 0 Å². The van der Waals surface area contributed by atoms with Crippen molar-refractivity contribution in [2.45, 2.75) is 6.54 Å². The third-order valence-corrected chi connectivity index (χ3v) is 3.55. The lowest BCUT2D eigenvalue weighted by atomic mass is 10.2. The average molecular weight is 377 g/mol. The first-order valence-electron chi connectivity index (χ1n) is 5.19. The second-order valence-electron chi connectivity index (χ2n) is 3.72. The van der Waals surface area contributed by atoms with Gasteiger partial charge in [0.25, 0.3) is 0 Å². The minimum atomic E-state index is -0.352. The molecule has 2 aromatic rings. The summed E-state index contributed by atoms with van der Waals surface area (Å²) in [6, 6.07) is 9.41. The third-order valence-electron chi connectivity index (χ3n) is 2.41. The highest BCUT2D eigenvalue weighted by Gasteiger charge is 2.04. The van der Waals surface area contributed by atoms with Gasteiger partial charge >= 0.3 is 0 Å². The highest BCUT2D eigenvalue weighted by Crippen LogP contribution is 2.21. The van der Waals surface area contributed by atoms with Gasteiger partial charge in [-0.1, -0.05) is 15.9 Å². The molecule has 0 amide bonds. The maximum atomic E-state index is 13.5. The summed E-state index contributed by atoms with van der Waals surface area (Å²) >= 11 is 6.36. The number of rotatable bonds is 3. The minimum Gasteiger partial charge on any atom is -0.381 e. The van der Waals surface area contributed by atoms with Crippen LogP contribution < -0.4 is 5.32 Å². The van der Waals surface area contributed by atoms with Crippen LogP contribution in [0.1, 0.15) is 5.56 Å². The van der Waals surface area contributed by atoms with Crippen LogP contribution in [0.3, 0.4) is 0 Å². The van der Waals surface area contributed by atoms with E-state index in [1.54, 1.807) is 24.3 Å². The third kappa shape index (κ3) is 3.29. The molecule has 0 saturated carbocycles. The van der Waals surface area contributed by atoms with Crippen molar-refractivity contribution >= 4 is 37.5 Å². The van der Waals surface area contributed by atoms with E-state index in [-0.39, 0.29) is 11.6 Å². The molecule has 0 unspecified atom stereocenters. The lowest BCUT2D eigenvalue weighted by Crippen LogP contribution is -2.02. The maximum absolute atomic E-state index is 13.5. The summed E-state index contributed by atoms with van der Waals surface area (Å²) in [5.41, 5.74) is 1.13. The first kappa shape index (κ1) is 13.5. The number of nitrogens with one attached hydrogen (secondary N) is 1. The molecular formula is C13H9Br2F2N. The number of halogens is 4. The van der Waals surface area contributed by atoms with Crippen LogP contribution in [0.4, 0.5) is 14.5 Å². The summed E-state index contributed by atoms with van der Waals surface area (Å²) in [7, 11) is 0. The second kappa shape index (κ2) is 5.80. The summed E-state index contributed by atoms with van der Waals surface area (Å²) in [4.78, 5) is 0. The van der Waals surface area contributed by atoms with Gasteiger partial charge in [0.05, 0.1) is 4.47 Å². The molecule has 0 saturated heterocycles. The van der Waals surface area contributed by atoms with Gasteiger partial charge in [-0.25, -0.2) is 8.78 Å². The molecule has 0 radical (unpaired) electrons. The molecule has 0 aromatic heterocycles. The maximum Gasteiger partial charge on any atom is 0.139 e. The van der Waals surface area contributed by atoms with Crippen molar-refractivity contribution in [3.05, 3.63) is 62.5 Å². The van der Waals surface area contributed by atoms with Crippen LogP contribution in [0.5, 0.6) is 0 Å². The van der Waals surface area contributed by atoms with Crippen LogP contribution in [0, 0.1) is 11.6 Å². The number of hydrogen-bond acceptors (Lipinski definition) is 1. The monoisotopic (exact) mass is 375 g/mol. The van der Waals surface area contributed by atoms with Gasteiger partial charge in [0, 0.05) is 22.3 Å². The van der Waals surface area contributed by atoms with Gasteiger partial charge in [0.1, 0.15) is 11.6 Å². The van der Waals surface area contributed by atoms with Gasteiger partial charge in [-0.3, -0.25) is 0 Å². The summed E-state index contributed by atoms with van der Waals surface area (Å²) in [5.74, 6) is -0.641. The molecule has 2 rings (SSSR count). The zero-order chi connectivity index (χ0) is 13.1. The van der Waals surface area contributed by atoms with Crippen LogP contribution in [0.25, 0.3) is 0 Å². The number of hydrogen-bond donors (Lipinski definition) is 1. The van der Waals surface area contributed by atoms with Gasteiger partial charge in [-0.05, 0) is 52.3 Å². The number of benzene rings is 2. The fraction of sp³-hybridized carbons (Fsp3) is 0.0769. The van der Waals surface area contributed by atoms with E-state index >= 15 is 0 Å². The average Bonchev–Trinajstić information content (AvgIpc) is 2.34. The molecule has 0 fully saturated rings. The normalized spacial score (nSPS) is 10.4. The molecule has 0 heterocycles. The minimum absolute atomic E-state index is 0.289. The van der Waals surface area contributed by atoms with Gasteiger partial charge in [-0.2, -0.15) is 0 Å². The van der Waals surface area contributed by atoms with Gasteiger partial charge in [-0.15, -0.1) is 0 Å². The van der Waals surface area contributed by atoms with E-state index in [1.165, 1.54) is 12.1 Å². The highest BCUT2D eigenvalue weighted by atomic mass is 79.9. The predicted molar refractivity (Wildman–Crippen MR) is 75.5 cm³/mol. The van der Waals surface area contributed by atoms with Crippen LogP contribution in [0.2, 0.25) is 0 Å². The zero-order valence-corrected chi connectivity index (χ0v) is 12.4. The van der Waals surface area contributed by atoms with Crippen LogP contribution in [0.15, 0.2) is 45.3 Å². The Morgan fingerprint density at radius 2 is 1.72 bits per heavy atom. The van der Waals surface area contributed by atoms with Crippen LogP contribution in [-0.2, 0) is 6.54 Å². The Labute approximate surface area is 120 Å². The molecule has 5 heteroatoms. The smallest absolute Gasteiger partial charge is 0.139 e. The van der Waals surface area contributed by atoms with Crippen molar-refractivity contribution < 1.29 is 8.78 Å². The van der Waals surface area contributed by atoms with Crippen molar-refractivity contribution in [2.24, 2.45) is 0 Å². The first-order chi connectivity index (χ1) is 8.56. The Kier molecular flexibility index (Phi) is 4.35. The van der Waals surface area contributed by atoms with Crippen molar-refractivity contribution in [3.8, 4) is 0 Å². The molecule has 0 bridgehead atoms. The molecule has 94 valence electrons. The highest BCUT2D eigenvalue weighted by molar-refractivity contribution is 9.10. The first-order valence-corrected chi connectivity index (χ1v) is 6.78. The number of anilines is 1. The largest absolute Gasteiger partial charge is 0.381 e. The molecule has 0 spiro atoms. The molecule has 0 aliphatic rings. The SMILES string of the molecule is Fc1cc(NCc2cc(Br)ccc2F)ccc1Br. The Hall–Kier alpha value is -0.940. The fourth-order valence-corrected chi connectivity index (χ4v) is 2.14. The van der Waals surface area contributed by atoms with E-state index in [4.69, 9.17) is 0 Å². The van der Waals surface area contributed by atoms with Gasteiger partial charge < -0.3 is 5.32 Å². The van der Waals surface area contributed by atoms with E-state index in [0.29, 0.717) is 22.3 Å². The second-order valence-corrected chi connectivity index (χ2v) is 5.49. The van der Waals surface area contributed by atoms with E-state index < -0.39 is 0 Å². The summed E-state index contributed by atoms with van der Waals surface area (Å²) < 4.78 is 28.0. The van der Waals surface area contributed by atoms with Gasteiger partial charge in [0.15, 0.2) is 0 Å². The Morgan fingerprint density at radius 3 is 2.44 bits per heavy atom. The lowest BCUT2D eigenvalue weighted by Gasteiger charge is -2.08.